The molecule has 1 saturated carbocycles. The van der Waals surface area contributed by atoms with Crippen LogP contribution in [-0.4, -0.2) is 28.9 Å². The molecule has 1 aliphatic rings. The van der Waals surface area contributed by atoms with Gasteiger partial charge in [0.2, 0.25) is 11.8 Å². The van der Waals surface area contributed by atoms with Gasteiger partial charge in [-0.25, -0.2) is 0 Å². The second-order valence-electron chi connectivity index (χ2n) is 4.98. The molecular weight excluding hydrogens is 236 g/mol. The number of carbonyl (C=O) groups excluding carboxylic acids is 2. The number of hydrogen-bond acceptors (Lipinski definition) is 3. The molecule has 1 aliphatic carbocycles. The minimum atomic E-state index is -1.17. The van der Waals surface area contributed by atoms with E-state index in [1.165, 1.54) is 13.8 Å². The van der Waals surface area contributed by atoms with E-state index >= 15 is 0 Å². The van der Waals surface area contributed by atoms with Crippen molar-refractivity contribution in [3.8, 4) is 0 Å². The van der Waals surface area contributed by atoms with Gasteiger partial charge >= 0.3 is 5.97 Å². The van der Waals surface area contributed by atoms with Crippen LogP contribution in [0.1, 0.15) is 33.1 Å². The van der Waals surface area contributed by atoms with E-state index in [2.05, 4.69) is 5.32 Å². The molecule has 6 nitrogen and oxygen atoms in total. The lowest BCUT2D eigenvalue weighted by molar-refractivity contribution is -0.151. The van der Waals surface area contributed by atoms with Gasteiger partial charge in [0.05, 0.1) is 5.92 Å². The molecule has 1 rings (SSSR count). The summed E-state index contributed by atoms with van der Waals surface area (Å²) in [6.07, 6.45) is 2.95. The van der Waals surface area contributed by atoms with E-state index in [-0.39, 0.29) is 11.9 Å². The Balaban J connectivity index is 2.68. The van der Waals surface area contributed by atoms with E-state index in [9.17, 15) is 14.4 Å². The van der Waals surface area contributed by atoms with Crippen molar-refractivity contribution in [2.45, 2.75) is 39.2 Å². The molecule has 0 bridgehead atoms. The Hall–Kier alpha value is -1.59. The minimum absolute atomic E-state index is 0.151. The molecule has 0 aromatic heterocycles. The zero-order valence-corrected chi connectivity index (χ0v) is 10.7. The Morgan fingerprint density at radius 3 is 2.11 bits per heavy atom. The monoisotopic (exact) mass is 256 g/mol. The van der Waals surface area contributed by atoms with Crippen LogP contribution in [0.25, 0.3) is 0 Å². The molecule has 0 aliphatic heterocycles. The van der Waals surface area contributed by atoms with Crippen LogP contribution >= 0.6 is 0 Å². The minimum Gasteiger partial charge on any atom is -0.481 e. The van der Waals surface area contributed by atoms with Gasteiger partial charge in [0.15, 0.2) is 0 Å². The van der Waals surface area contributed by atoms with Gasteiger partial charge in [-0.2, -0.15) is 0 Å². The highest BCUT2D eigenvalue weighted by Gasteiger charge is 2.38. The fourth-order valence-corrected chi connectivity index (χ4v) is 2.09. The topological polar surface area (TPSA) is 109 Å². The highest BCUT2D eigenvalue weighted by atomic mass is 16.4. The molecule has 3 unspecified atom stereocenters. The summed E-state index contributed by atoms with van der Waals surface area (Å²) in [6.45, 7) is 2.96. The van der Waals surface area contributed by atoms with Crippen LogP contribution in [0, 0.1) is 17.8 Å². The van der Waals surface area contributed by atoms with E-state index in [4.69, 9.17) is 10.8 Å². The van der Waals surface area contributed by atoms with Gasteiger partial charge < -0.3 is 16.2 Å². The van der Waals surface area contributed by atoms with Crippen LogP contribution in [0.2, 0.25) is 0 Å². The highest BCUT2D eigenvalue weighted by molar-refractivity contribution is 5.89. The number of carboxylic acids is 1. The maximum Gasteiger partial charge on any atom is 0.308 e. The normalized spacial score (nSPS) is 20.3. The number of aliphatic carboxylic acids is 1. The van der Waals surface area contributed by atoms with Crippen molar-refractivity contribution in [1.29, 1.82) is 0 Å². The lowest BCUT2D eigenvalue weighted by Gasteiger charge is -2.30. The summed E-state index contributed by atoms with van der Waals surface area (Å²) < 4.78 is 0. The Bertz CT molecular complexity index is 352. The molecule has 0 aromatic rings. The summed E-state index contributed by atoms with van der Waals surface area (Å²) in [6, 6.07) is 0.151. The Kier molecular flexibility index (Phi) is 4.69. The molecule has 0 saturated heterocycles. The number of nitrogens with one attached hydrogen (secondary N) is 1. The van der Waals surface area contributed by atoms with E-state index in [0.717, 1.165) is 19.3 Å². The van der Waals surface area contributed by atoms with Crippen LogP contribution in [0.4, 0.5) is 0 Å². The van der Waals surface area contributed by atoms with Crippen LogP contribution in [0.3, 0.4) is 0 Å². The first kappa shape index (κ1) is 14.5. The third-order valence-electron chi connectivity index (χ3n) is 3.68. The molecule has 18 heavy (non-hydrogen) atoms. The van der Waals surface area contributed by atoms with Crippen molar-refractivity contribution >= 4 is 17.8 Å². The van der Waals surface area contributed by atoms with Crippen molar-refractivity contribution in [2.75, 3.05) is 0 Å². The summed E-state index contributed by atoms with van der Waals surface area (Å²) in [5, 5.41) is 11.9. The lowest BCUT2D eigenvalue weighted by atomic mass is 9.82. The SMILES string of the molecule is CC(C(N)=O)C(C(=O)O)C(C)C(=O)NC1CCC1. The number of nitrogens with two attached hydrogens (primary N) is 1. The Labute approximate surface area is 106 Å². The van der Waals surface area contributed by atoms with Gasteiger partial charge in [-0.3, -0.25) is 14.4 Å². The maximum atomic E-state index is 11.9. The first-order chi connectivity index (χ1) is 8.34. The zero-order chi connectivity index (χ0) is 13.9. The Morgan fingerprint density at radius 2 is 1.78 bits per heavy atom. The summed E-state index contributed by atoms with van der Waals surface area (Å²) in [5.41, 5.74) is 5.12. The largest absolute Gasteiger partial charge is 0.481 e. The molecule has 0 aromatic carbocycles. The number of carboxylic acid groups (broad SMARTS) is 1. The smallest absolute Gasteiger partial charge is 0.308 e. The number of carbonyl (C=O) groups is 3. The van der Waals surface area contributed by atoms with Crippen molar-refractivity contribution in [3.63, 3.8) is 0 Å². The van der Waals surface area contributed by atoms with E-state index in [1.807, 2.05) is 0 Å². The van der Waals surface area contributed by atoms with Gasteiger partial charge in [-0.05, 0) is 19.3 Å². The van der Waals surface area contributed by atoms with Gasteiger partial charge in [-0.1, -0.05) is 13.8 Å². The van der Waals surface area contributed by atoms with Gasteiger partial charge in [-0.15, -0.1) is 0 Å². The van der Waals surface area contributed by atoms with Crippen molar-refractivity contribution in [1.82, 2.24) is 5.32 Å². The van der Waals surface area contributed by atoms with E-state index in [1.54, 1.807) is 0 Å². The Morgan fingerprint density at radius 1 is 1.22 bits per heavy atom. The second-order valence-corrected chi connectivity index (χ2v) is 4.98. The molecule has 2 amide bonds. The number of rotatable bonds is 6. The van der Waals surface area contributed by atoms with Gasteiger partial charge in [0.25, 0.3) is 0 Å². The first-order valence-electron chi connectivity index (χ1n) is 6.17. The molecule has 0 radical (unpaired) electrons. The number of primary amides is 1. The molecule has 3 atom stereocenters. The predicted molar refractivity (Wildman–Crippen MR) is 64.4 cm³/mol. The molecule has 4 N–H and O–H groups in total. The third-order valence-corrected chi connectivity index (χ3v) is 3.68. The van der Waals surface area contributed by atoms with Crippen molar-refractivity contribution < 1.29 is 19.5 Å². The molecule has 1 fully saturated rings. The third kappa shape index (κ3) is 3.21. The van der Waals surface area contributed by atoms with Gasteiger partial charge in [0.1, 0.15) is 0 Å². The van der Waals surface area contributed by atoms with Crippen molar-refractivity contribution in [3.05, 3.63) is 0 Å². The average Bonchev–Trinajstić information content (AvgIpc) is 2.22. The fourth-order valence-electron chi connectivity index (χ4n) is 2.09. The summed E-state index contributed by atoms with van der Waals surface area (Å²) in [5.74, 6) is -4.92. The lowest BCUT2D eigenvalue weighted by Crippen LogP contribution is -2.47. The van der Waals surface area contributed by atoms with Crippen LogP contribution in [-0.2, 0) is 14.4 Å². The summed E-state index contributed by atoms with van der Waals surface area (Å²) in [7, 11) is 0. The fraction of sp³-hybridized carbons (Fsp3) is 0.750. The van der Waals surface area contributed by atoms with Crippen LogP contribution in [0.15, 0.2) is 0 Å². The highest BCUT2D eigenvalue weighted by Crippen LogP contribution is 2.24. The van der Waals surface area contributed by atoms with Gasteiger partial charge in [0, 0.05) is 17.9 Å². The average molecular weight is 256 g/mol. The predicted octanol–water partition coefficient (Wildman–Crippen LogP) is 0.113. The van der Waals surface area contributed by atoms with Crippen LogP contribution in [0.5, 0.6) is 0 Å². The molecule has 0 spiro atoms. The number of amides is 2. The first-order valence-corrected chi connectivity index (χ1v) is 6.17. The standard InChI is InChI=1S/C12H20N2O4/c1-6(10(13)15)9(12(17)18)7(2)11(16)14-8-4-3-5-8/h6-9H,3-5H2,1-2H3,(H2,13,15)(H,14,16)(H,17,18). The summed E-state index contributed by atoms with van der Waals surface area (Å²) in [4.78, 5) is 34.2. The molecule has 6 heteroatoms. The second kappa shape index (κ2) is 5.84. The molecule has 102 valence electrons. The number of hydrogen-bond donors (Lipinski definition) is 3. The van der Waals surface area contributed by atoms with E-state index in [0.29, 0.717) is 0 Å². The maximum absolute atomic E-state index is 11.9. The molecule has 0 heterocycles. The zero-order valence-electron chi connectivity index (χ0n) is 10.7. The van der Waals surface area contributed by atoms with Crippen molar-refractivity contribution in [2.24, 2.45) is 23.5 Å². The molecular formula is C12H20N2O4. The van der Waals surface area contributed by atoms with Crippen LogP contribution < -0.4 is 11.1 Å². The van der Waals surface area contributed by atoms with E-state index < -0.39 is 29.6 Å². The quantitative estimate of drug-likeness (QED) is 0.626. The summed E-state index contributed by atoms with van der Waals surface area (Å²) >= 11 is 0.